The molecule has 3 aromatic rings. The van der Waals surface area contributed by atoms with E-state index in [2.05, 4.69) is 21.2 Å². The van der Waals surface area contributed by atoms with Crippen LogP contribution in [0.25, 0.3) is 0 Å². The van der Waals surface area contributed by atoms with E-state index in [0.29, 0.717) is 16.0 Å². The molecule has 2 N–H and O–H groups in total. The van der Waals surface area contributed by atoms with Crippen molar-refractivity contribution in [3.8, 4) is 11.5 Å². The second-order valence-electron chi connectivity index (χ2n) is 7.45. The number of hydrogen-bond acceptors (Lipinski definition) is 8. The number of carboxylic acids is 1. The molecule has 0 unspecified atom stereocenters. The van der Waals surface area contributed by atoms with Crippen molar-refractivity contribution in [2.45, 2.75) is 12.2 Å². The van der Waals surface area contributed by atoms with E-state index in [0.717, 1.165) is 0 Å². The van der Waals surface area contributed by atoms with Crippen LogP contribution in [0.3, 0.4) is 0 Å². The topological polar surface area (TPSA) is 137 Å². The minimum absolute atomic E-state index is 0.0112. The number of carbonyl (C=O) groups is 4. The van der Waals surface area contributed by atoms with E-state index in [1.807, 2.05) is 0 Å². The quantitative estimate of drug-likeness (QED) is 0.346. The molecule has 0 aliphatic heterocycles. The largest absolute Gasteiger partial charge is 0.497 e. The van der Waals surface area contributed by atoms with Gasteiger partial charge < -0.3 is 29.4 Å². The molecule has 1 amide bonds. The molecule has 0 fully saturated rings. The monoisotopic (exact) mass is 571 g/mol. The highest BCUT2D eigenvalue weighted by atomic mass is 79.9. The molecule has 0 spiro atoms. The van der Waals surface area contributed by atoms with Crippen LogP contribution in [0, 0.1) is 0 Å². The maximum absolute atomic E-state index is 13.2. The maximum Gasteiger partial charge on any atom is 0.349 e. The van der Waals surface area contributed by atoms with E-state index < -0.39 is 36.0 Å². The summed E-state index contributed by atoms with van der Waals surface area (Å²) in [5.41, 5.74) is 0.240. The van der Waals surface area contributed by atoms with E-state index in [-0.39, 0.29) is 16.8 Å². The van der Waals surface area contributed by atoms with Crippen molar-refractivity contribution in [1.82, 2.24) is 0 Å². The number of methoxy groups -OCH3 is 2. The first-order valence-electron chi connectivity index (χ1n) is 10.7. The second-order valence-corrected chi connectivity index (χ2v) is 8.37. The molecular formula is C26H22BrNO9. The third kappa shape index (κ3) is 7.31. The summed E-state index contributed by atoms with van der Waals surface area (Å²) in [6.45, 7) is 0. The number of benzene rings is 3. The normalized spacial score (nSPS) is 12.0. The van der Waals surface area contributed by atoms with Gasteiger partial charge in [0.2, 0.25) is 12.2 Å². The number of ether oxygens (including phenoxy) is 4. The number of carboxylic acid groups (broad SMARTS) is 1. The van der Waals surface area contributed by atoms with Crippen LogP contribution in [0.5, 0.6) is 11.5 Å². The van der Waals surface area contributed by atoms with E-state index in [9.17, 15) is 24.3 Å². The van der Waals surface area contributed by atoms with Crippen molar-refractivity contribution in [3.63, 3.8) is 0 Å². The molecule has 3 rings (SSSR count). The molecule has 3 aromatic carbocycles. The molecule has 0 aliphatic carbocycles. The van der Waals surface area contributed by atoms with Gasteiger partial charge in [0, 0.05) is 10.2 Å². The van der Waals surface area contributed by atoms with Gasteiger partial charge in [0.1, 0.15) is 11.5 Å². The van der Waals surface area contributed by atoms with Crippen molar-refractivity contribution >= 4 is 45.4 Å². The third-order valence-corrected chi connectivity index (χ3v) is 5.44. The number of carbonyl (C=O) groups excluding carboxylic acids is 3. The van der Waals surface area contributed by atoms with E-state index in [4.69, 9.17) is 18.9 Å². The molecule has 0 radical (unpaired) electrons. The van der Waals surface area contributed by atoms with Gasteiger partial charge in [-0.05, 0) is 54.6 Å². The Labute approximate surface area is 220 Å². The van der Waals surface area contributed by atoms with Crippen molar-refractivity contribution in [2.24, 2.45) is 0 Å². The lowest BCUT2D eigenvalue weighted by atomic mass is 10.1. The van der Waals surface area contributed by atoms with Gasteiger partial charge in [-0.25, -0.2) is 14.4 Å². The number of amides is 1. The molecule has 10 nitrogen and oxygen atoms in total. The fourth-order valence-corrected chi connectivity index (χ4v) is 3.54. The Morgan fingerprint density at radius 2 is 1.27 bits per heavy atom. The van der Waals surface area contributed by atoms with Gasteiger partial charge in [-0.3, -0.25) is 4.79 Å². The van der Waals surface area contributed by atoms with Crippen molar-refractivity contribution in [3.05, 3.63) is 88.4 Å². The Bertz CT molecular complexity index is 1310. The smallest absolute Gasteiger partial charge is 0.349 e. The number of halogens is 1. The molecule has 0 saturated heterocycles. The highest BCUT2D eigenvalue weighted by Crippen LogP contribution is 2.21. The Morgan fingerprint density at radius 3 is 1.76 bits per heavy atom. The molecule has 2 atom stereocenters. The first-order chi connectivity index (χ1) is 17.7. The second kappa shape index (κ2) is 12.5. The Hall–Kier alpha value is -4.38. The summed E-state index contributed by atoms with van der Waals surface area (Å²) in [5.74, 6) is -4.16. The lowest BCUT2D eigenvalue weighted by Gasteiger charge is -2.23. The lowest BCUT2D eigenvalue weighted by molar-refractivity contribution is -0.157. The molecule has 0 bridgehead atoms. The van der Waals surface area contributed by atoms with Crippen LogP contribution in [0.2, 0.25) is 0 Å². The summed E-state index contributed by atoms with van der Waals surface area (Å²) >= 11 is 3.27. The summed E-state index contributed by atoms with van der Waals surface area (Å²) in [5, 5.41) is 12.3. The Balaban J connectivity index is 1.93. The van der Waals surface area contributed by atoms with Gasteiger partial charge in [-0.2, -0.15) is 0 Å². The van der Waals surface area contributed by atoms with Gasteiger partial charge in [0.25, 0.3) is 5.91 Å². The van der Waals surface area contributed by atoms with Crippen molar-refractivity contribution in [2.75, 3.05) is 19.5 Å². The number of rotatable bonds is 10. The zero-order valence-electron chi connectivity index (χ0n) is 19.7. The molecule has 11 heteroatoms. The number of esters is 2. The highest BCUT2D eigenvalue weighted by Gasteiger charge is 2.41. The lowest BCUT2D eigenvalue weighted by Crippen LogP contribution is -2.48. The summed E-state index contributed by atoms with van der Waals surface area (Å²) in [6.07, 6.45) is -4.23. The molecule has 0 heterocycles. The first kappa shape index (κ1) is 27.2. The van der Waals surface area contributed by atoms with Crippen molar-refractivity contribution in [1.29, 1.82) is 0 Å². The number of anilines is 1. The molecule has 0 aromatic heterocycles. The maximum atomic E-state index is 13.2. The minimum Gasteiger partial charge on any atom is -0.497 e. The minimum atomic E-state index is -2.18. The van der Waals surface area contributed by atoms with Crippen LogP contribution in [0.15, 0.2) is 77.3 Å². The Morgan fingerprint density at radius 1 is 0.757 bits per heavy atom. The molecule has 37 heavy (non-hydrogen) atoms. The van der Waals surface area contributed by atoms with E-state index in [1.165, 1.54) is 50.6 Å². The number of aliphatic carboxylic acids is 1. The van der Waals surface area contributed by atoms with Crippen LogP contribution in [0.4, 0.5) is 5.69 Å². The van der Waals surface area contributed by atoms with Gasteiger partial charge >= 0.3 is 17.9 Å². The first-order valence-corrected chi connectivity index (χ1v) is 11.5. The zero-order valence-corrected chi connectivity index (χ0v) is 21.3. The highest BCUT2D eigenvalue weighted by molar-refractivity contribution is 9.10. The molecule has 0 aliphatic rings. The van der Waals surface area contributed by atoms with E-state index >= 15 is 0 Å². The van der Waals surface area contributed by atoms with Crippen LogP contribution >= 0.6 is 15.9 Å². The number of hydrogen-bond donors (Lipinski definition) is 2. The van der Waals surface area contributed by atoms with Gasteiger partial charge in [-0.15, -0.1) is 0 Å². The third-order valence-electron chi connectivity index (χ3n) is 4.95. The Kier molecular flexibility index (Phi) is 9.22. The van der Waals surface area contributed by atoms with Gasteiger partial charge in [0.15, 0.2) is 0 Å². The molecule has 0 saturated carbocycles. The van der Waals surface area contributed by atoms with Crippen LogP contribution in [0.1, 0.15) is 20.7 Å². The fourth-order valence-electron chi connectivity index (χ4n) is 3.14. The molecular weight excluding hydrogens is 550 g/mol. The van der Waals surface area contributed by atoms with Crippen LogP contribution < -0.4 is 14.8 Å². The standard InChI is InChI=1S/C26H22BrNO9/c1-34-19-10-3-6-15(12-19)25(32)36-21(23(29)28-18-9-5-8-17(27)14-18)22(24(30)31)37-26(33)16-7-4-11-20(13-16)35-2/h3-14,21-22H,1-2H3,(H,28,29)(H,30,31)/t21-,22-/m1/s1. The van der Waals surface area contributed by atoms with E-state index in [1.54, 1.807) is 36.4 Å². The SMILES string of the molecule is COc1cccc(C(=O)O[C@@H](C(=O)O)[C@@H](OC(=O)c2cccc(OC)c2)C(=O)Nc2cccc(Br)c2)c1. The fraction of sp³-hybridized carbons (Fsp3) is 0.154. The summed E-state index contributed by atoms with van der Waals surface area (Å²) < 4.78 is 21.3. The summed E-state index contributed by atoms with van der Waals surface area (Å²) in [6, 6.07) is 18.1. The van der Waals surface area contributed by atoms with Crippen LogP contribution in [-0.4, -0.2) is 55.3 Å². The summed E-state index contributed by atoms with van der Waals surface area (Å²) in [4.78, 5) is 51.0. The van der Waals surface area contributed by atoms with Gasteiger partial charge in [-0.1, -0.05) is 34.1 Å². The van der Waals surface area contributed by atoms with Crippen molar-refractivity contribution < 1.29 is 43.2 Å². The van der Waals surface area contributed by atoms with Crippen LogP contribution in [-0.2, 0) is 19.1 Å². The average Bonchev–Trinajstić information content (AvgIpc) is 2.90. The molecule has 192 valence electrons. The predicted octanol–water partition coefficient (Wildman–Crippen LogP) is 3.94. The van der Waals surface area contributed by atoms with Gasteiger partial charge in [0.05, 0.1) is 25.3 Å². The predicted molar refractivity (Wildman–Crippen MR) is 135 cm³/mol. The average molecular weight is 572 g/mol. The zero-order chi connectivity index (χ0) is 26.9. The summed E-state index contributed by atoms with van der Waals surface area (Å²) in [7, 11) is 2.79. The number of nitrogens with one attached hydrogen (secondary N) is 1.